The molecule has 3 aromatic rings. The summed E-state index contributed by atoms with van der Waals surface area (Å²) in [6, 6.07) is 13.2. The maximum atomic E-state index is 12.0. The Morgan fingerprint density at radius 3 is 2.57 bits per heavy atom. The van der Waals surface area contributed by atoms with Crippen LogP contribution in [0.1, 0.15) is 10.4 Å². The number of aryl methyl sites for hydroxylation is 1. The van der Waals surface area contributed by atoms with E-state index in [1.807, 2.05) is 35.9 Å². The maximum Gasteiger partial charge on any atom is 0.271 e. The minimum absolute atomic E-state index is 0.0607. The molecule has 1 amide bonds. The van der Waals surface area contributed by atoms with E-state index in [9.17, 15) is 14.9 Å². The van der Waals surface area contributed by atoms with E-state index in [2.05, 4.69) is 10.5 Å². The van der Waals surface area contributed by atoms with Crippen molar-refractivity contribution in [3.63, 3.8) is 0 Å². The van der Waals surface area contributed by atoms with Crippen molar-refractivity contribution < 1.29 is 9.72 Å². The molecule has 116 valence electrons. The molecule has 0 aliphatic carbocycles. The average molecular weight is 328 g/mol. The predicted molar refractivity (Wildman–Crippen MR) is 86.9 cm³/mol. The smallest absolute Gasteiger partial charge is 0.271 e. The van der Waals surface area contributed by atoms with Gasteiger partial charge in [-0.15, -0.1) is 5.10 Å². The number of hydrogen-bond donors (Lipinski definition) is 1. The Morgan fingerprint density at radius 1 is 1.22 bits per heavy atom. The maximum absolute atomic E-state index is 12.0. The van der Waals surface area contributed by atoms with E-state index in [4.69, 9.17) is 0 Å². The summed E-state index contributed by atoms with van der Waals surface area (Å²) in [6.45, 7) is 0. The molecule has 7 nitrogen and oxygen atoms in total. The van der Waals surface area contributed by atoms with Gasteiger partial charge in [0.05, 0.1) is 15.1 Å². The van der Waals surface area contributed by atoms with Gasteiger partial charge in [-0.25, -0.2) is 5.43 Å². The molecule has 0 spiro atoms. The first kappa shape index (κ1) is 14.9. The molecule has 1 aromatic heterocycles. The van der Waals surface area contributed by atoms with Gasteiger partial charge in [0.1, 0.15) is 0 Å². The van der Waals surface area contributed by atoms with Crippen LogP contribution in [0.3, 0.4) is 0 Å². The number of nitro groups is 1. The quantitative estimate of drug-likeness (QED) is 0.591. The third-order valence-corrected chi connectivity index (χ3v) is 4.42. The zero-order valence-corrected chi connectivity index (χ0v) is 12.9. The topological polar surface area (TPSA) is 89.5 Å². The van der Waals surface area contributed by atoms with Gasteiger partial charge in [0.25, 0.3) is 11.6 Å². The van der Waals surface area contributed by atoms with Gasteiger partial charge in [0.2, 0.25) is 4.80 Å². The number of nitro benzene ring substituents is 1. The van der Waals surface area contributed by atoms with Crippen molar-refractivity contribution >= 4 is 33.1 Å². The highest BCUT2D eigenvalue weighted by atomic mass is 32.1. The normalized spacial score (nSPS) is 11.6. The Kier molecular flexibility index (Phi) is 3.90. The lowest BCUT2D eigenvalue weighted by molar-refractivity contribution is -0.384. The summed E-state index contributed by atoms with van der Waals surface area (Å²) in [5.74, 6) is -0.419. The highest BCUT2D eigenvalue weighted by Gasteiger charge is 2.09. The highest BCUT2D eigenvalue weighted by Crippen LogP contribution is 2.15. The minimum Gasteiger partial charge on any atom is -0.318 e. The van der Waals surface area contributed by atoms with Crippen molar-refractivity contribution in [3.05, 3.63) is 69.0 Å². The summed E-state index contributed by atoms with van der Waals surface area (Å²) in [7, 11) is 1.87. The molecule has 1 heterocycles. The number of para-hydroxylation sites is 1. The average Bonchev–Trinajstić information content (AvgIpc) is 2.89. The van der Waals surface area contributed by atoms with E-state index >= 15 is 0 Å². The van der Waals surface area contributed by atoms with Crippen molar-refractivity contribution in [1.29, 1.82) is 0 Å². The van der Waals surface area contributed by atoms with Crippen molar-refractivity contribution in [2.75, 3.05) is 0 Å². The van der Waals surface area contributed by atoms with Gasteiger partial charge in [0, 0.05) is 24.7 Å². The monoisotopic (exact) mass is 328 g/mol. The lowest BCUT2D eigenvalue weighted by Gasteiger charge is -1.99. The second-order valence-electron chi connectivity index (χ2n) is 4.77. The fourth-order valence-corrected chi connectivity index (χ4v) is 3.07. The zero-order valence-electron chi connectivity index (χ0n) is 12.1. The van der Waals surface area contributed by atoms with E-state index in [0.29, 0.717) is 10.4 Å². The molecular formula is C15H12N4O3S. The number of amides is 1. The summed E-state index contributed by atoms with van der Waals surface area (Å²) in [6.07, 6.45) is 0. The van der Waals surface area contributed by atoms with E-state index in [0.717, 1.165) is 10.2 Å². The largest absolute Gasteiger partial charge is 0.318 e. The van der Waals surface area contributed by atoms with Crippen LogP contribution in [0.2, 0.25) is 0 Å². The summed E-state index contributed by atoms with van der Waals surface area (Å²) >= 11 is 1.46. The molecule has 0 radical (unpaired) electrons. The SMILES string of the molecule is Cn1c(=NNC(=O)c2ccc([N+](=O)[O-])cc2)sc2ccccc21. The third kappa shape index (κ3) is 2.97. The van der Waals surface area contributed by atoms with E-state index in [1.165, 1.54) is 35.6 Å². The molecular weight excluding hydrogens is 316 g/mol. The molecule has 0 fully saturated rings. The van der Waals surface area contributed by atoms with Crippen molar-refractivity contribution in [3.8, 4) is 0 Å². The number of nitrogens with zero attached hydrogens (tertiary/aromatic N) is 3. The van der Waals surface area contributed by atoms with E-state index in [-0.39, 0.29) is 5.69 Å². The van der Waals surface area contributed by atoms with Crippen molar-refractivity contribution in [1.82, 2.24) is 9.99 Å². The molecule has 0 bridgehead atoms. The van der Waals surface area contributed by atoms with Crippen LogP contribution in [0.4, 0.5) is 5.69 Å². The molecule has 0 saturated heterocycles. The second-order valence-corrected chi connectivity index (χ2v) is 5.78. The van der Waals surface area contributed by atoms with E-state index < -0.39 is 10.8 Å². The molecule has 0 saturated carbocycles. The Hall–Kier alpha value is -3.00. The van der Waals surface area contributed by atoms with Crippen LogP contribution in [0, 0.1) is 10.1 Å². The van der Waals surface area contributed by atoms with Crippen LogP contribution in [0.15, 0.2) is 53.6 Å². The lowest BCUT2D eigenvalue weighted by Crippen LogP contribution is -2.23. The van der Waals surface area contributed by atoms with E-state index in [1.54, 1.807) is 0 Å². The fourth-order valence-electron chi connectivity index (χ4n) is 2.09. The van der Waals surface area contributed by atoms with Crippen LogP contribution in [-0.4, -0.2) is 15.4 Å². The van der Waals surface area contributed by atoms with Crippen LogP contribution in [0.5, 0.6) is 0 Å². The van der Waals surface area contributed by atoms with Crippen LogP contribution in [-0.2, 0) is 7.05 Å². The Balaban J connectivity index is 1.84. The number of carbonyl (C=O) groups excluding carboxylic acids is 1. The molecule has 0 atom stereocenters. The first-order chi connectivity index (χ1) is 11.1. The van der Waals surface area contributed by atoms with Gasteiger partial charge in [-0.1, -0.05) is 23.5 Å². The number of rotatable bonds is 3. The number of benzene rings is 2. The summed E-state index contributed by atoms with van der Waals surface area (Å²) in [4.78, 5) is 22.8. The number of thiazole rings is 1. The first-order valence-corrected chi connectivity index (χ1v) is 7.51. The molecule has 0 aliphatic rings. The van der Waals surface area contributed by atoms with Gasteiger partial charge < -0.3 is 4.57 Å². The number of aromatic nitrogens is 1. The van der Waals surface area contributed by atoms with Crippen molar-refractivity contribution in [2.45, 2.75) is 0 Å². The molecule has 23 heavy (non-hydrogen) atoms. The number of hydrogen-bond acceptors (Lipinski definition) is 5. The molecule has 1 N–H and O–H groups in total. The Morgan fingerprint density at radius 2 is 1.91 bits per heavy atom. The molecule has 8 heteroatoms. The number of nitrogens with one attached hydrogen (secondary N) is 1. The predicted octanol–water partition coefficient (Wildman–Crippen LogP) is 2.39. The standard InChI is InChI=1S/C15H12N4O3S/c1-18-12-4-2-3-5-13(12)23-15(18)17-16-14(20)10-6-8-11(9-7-10)19(21)22/h2-9H,1H3,(H,16,20). The van der Waals surface area contributed by atoms with Gasteiger partial charge in [-0.2, -0.15) is 0 Å². The molecule has 3 rings (SSSR count). The first-order valence-electron chi connectivity index (χ1n) is 6.69. The fraction of sp³-hybridized carbons (Fsp3) is 0.0667. The number of fused-ring (bicyclic) bond motifs is 1. The van der Waals surface area contributed by atoms with Gasteiger partial charge in [-0.3, -0.25) is 14.9 Å². The summed E-state index contributed by atoms with van der Waals surface area (Å²) < 4.78 is 2.95. The summed E-state index contributed by atoms with van der Waals surface area (Å²) in [5.41, 5.74) is 3.75. The Labute approximate surface area is 134 Å². The highest BCUT2D eigenvalue weighted by molar-refractivity contribution is 7.16. The molecule has 0 unspecified atom stereocenters. The number of carbonyl (C=O) groups is 1. The number of non-ortho nitro benzene ring substituents is 1. The van der Waals surface area contributed by atoms with Crippen molar-refractivity contribution in [2.24, 2.45) is 12.1 Å². The summed E-state index contributed by atoms with van der Waals surface area (Å²) in [5, 5.41) is 14.7. The van der Waals surface area contributed by atoms with Crippen LogP contribution in [0.25, 0.3) is 10.2 Å². The third-order valence-electron chi connectivity index (χ3n) is 3.31. The van der Waals surface area contributed by atoms with Gasteiger partial charge in [0.15, 0.2) is 0 Å². The molecule has 2 aromatic carbocycles. The van der Waals surface area contributed by atoms with Crippen LogP contribution < -0.4 is 10.2 Å². The minimum atomic E-state index is -0.511. The lowest BCUT2D eigenvalue weighted by atomic mass is 10.2. The van der Waals surface area contributed by atoms with Gasteiger partial charge >= 0.3 is 0 Å². The zero-order chi connectivity index (χ0) is 16.4. The Bertz CT molecular complexity index is 957. The molecule has 0 aliphatic heterocycles. The second kappa shape index (κ2) is 6.01. The van der Waals surface area contributed by atoms with Crippen LogP contribution >= 0.6 is 11.3 Å². The van der Waals surface area contributed by atoms with Gasteiger partial charge in [-0.05, 0) is 24.3 Å².